The molecule has 1 aliphatic rings. The van der Waals surface area contributed by atoms with Gasteiger partial charge in [-0.25, -0.2) is 4.39 Å². The molecular formula is C17H18FN. The molecule has 0 amide bonds. The molecule has 0 saturated carbocycles. The molecule has 0 bridgehead atoms. The zero-order valence-electron chi connectivity index (χ0n) is 11.0. The minimum Gasteiger partial charge on any atom is -0.372 e. The molecule has 0 aliphatic carbocycles. The average molecular weight is 255 g/mol. The van der Waals surface area contributed by atoms with E-state index in [1.807, 2.05) is 24.3 Å². The molecule has 1 nitrogen and oxygen atoms in total. The van der Waals surface area contributed by atoms with E-state index < -0.39 is 0 Å². The Kier molecular flexibility index (Phi) is 3.49. The lowest BCUT2D eigenvalue weighted by molar-refractivity contribution is 0.578. The Bertz CT molecular complexity index is 541. The van der Waals surface area contributed by atoms with Gasteiger partial charge >= 0.3 is 0 Å². The van der Waals surface area contributed by atoms with Gasteiger partial charge in [0.2, 0.25) is 0 Å². The van der Waals surface area contributed by atoms with Crippen LogP contribution in [0.25, 0.3) is 11.1 Å². The summed E-state index contributed by atoms with van der Waals surface area (Å²) >= 11 is 0. The van der Waals surface area contributed by atoms with Gasteiger partial charge in [0.15, 0.2) is 0 Å². The fourth-order valence-corrected chi connectivity index (χ4v) is 2.70. The number of halogens is 1. The summed E-state index contributed by atoms with van der Waals surface area (Å²) in [6.45, 7) is 2.28. The van der Waals surface area contributed by atoms with Crippen LogP contribution in [0.2, 0.25) is 0 Å². The highest BCUT2D eigenvalue weighted by Gasteiger charge is 2.11. The number of benzene rings is 2. The lowest BCUT2D eigenvalue weighted by Crippen LogP contribution is -2.29. The van der Waals surface area contributed by atoms with Gasteiger partial charge in [-0.1, -0.05) is 30.3 Å². The van der Waals surface area contributed by atoms with Gasteiger partial charge < -0.3 is 4.90 Å². The van der Waals surface area contributed by atoms with E-state index in [-0.39, 0.29) is 5.82 Å². The van der Waals surface area contributed by atoms with Crippen LogP contribution in [0.4, 0.5) is 10.1 Å². The molecule has 0 atom stereocenters. The van der Waals surface area contributed by atoms with Crippen molar-refractivity contribution < 1.29 is 4.39 Å². The molecule has 2 heteroatoms. The molecule has 0 aromatic heterocycles. The Labute approximate surface area is 113 Å². The molecule has 1 heterocycles. The van der Waals surface area contributed by atoms with Crippen molar-refractivity contribution in [3.05, 3.63) is 54.3 Å². The van der Waals surface area contributed by atoms with Crippen LogP contribution in [-0.4, -0.2) is 13.1 Å². The summed E-state index contributed by atoms with van der Waals surface area (Å²) in [6.07, 6.45) is 3.88. The highest BCUT2D eigenvalue weighted by Crippen LogP contribution is 2.26. The monoisotopic (exact) mass is 255 g/mol. The summed E-state index contributed by atoms with van der Waals surface area (Å²) in [7, 11) is 0. The first-order valence-electron chi connectivity index (χ1n) is 6.94. The van der Waals surface area contributed by atoms with Crippen LogP contribution in [0.5, 0.6) is 0 Å². The lowest BCUT2D eigenvalue weighted by Gasteiger charge is -2.28. The molecule has 0 radical (unpaired) electrons. The maximum Gasteiger partial charge on any atom is 0.131 e. The van der Waals surface area contributed by atoms with Crippen molar-refractivity contribution in [2.45, 2.75) is 19.3 Å². The van der Waals surface area contributed by atoms with E-state index in [1.165, 1.54) is 31.0 Å². The predicted molar refractivity (Wildman–Crippen MR) is 77.9 cm³/mol. The minimum absolute atomic E-state index is 0.159. The largest absolute Gasteiger partial charge is 0.372 e. The van der Waals surface area contributed by atoms with Gasteiger partial charge in [0.1, 0.15) is 5.82 Å². The summed E-state index contributed by atoms with van der Waals surface area (Å²) in [5.74, 6) is -0.159. The number of piperidine rings is 1. The third-order valence-corrected chi connectivity index (χ3v) is 3.77. The molecule has 0 spiro atoms. The number of anilines is 1. The van der Waals surface area contributed by atoms with Crippen molar-refractivity contribution in [3.8, 4) is 11.1 Å². The van der Waals surface area contributed by atoms with Gasteiger partial charge in [-0.05, 0) is 43.0 Å². The van der Waals surface area contributed by atoms with Crippen LogP contribution in [0.15, 0.2) is 48.5 Å². The van der Waals surface area contributed by atoms with Crippen molar-refractivity contribution in [1.29, 1.82) is 0 Å². The van der Waals surface area contributed by atoms with Crippen LogP contribution >= 0.6 is 0 Å². The molecule has 19 heavy (non-hydrogen) atoms. The Morgan fingerprint density at radius 3 is 2.16 bits per heavy atom. The number of hydrogen-bond acceptors (Lipinski definition) is 1. The Balaban J connectivity index is 1.84. The second-order valence-electron chi connectivity index (χ2n) is 5.07. The summed E-state index contributed by atoms with van der Waals surface area (Å²) in [5, 5.41) is 0. The lowest BCUT2D eigenvalue weighted by atomic mass is 10.0. The number of hydrogen-bond donors (Lipinski definition) is 0. The third-order valence-electron chi connectivity index (χ3n) is 3.77. The highest BCUT2D eigenvalue weighted by molar-refractivity contribution is 5.66. The van der Waals surface area contributed by atoms with Crippen LogP contribution < -0.4 is 4.90 Å². The van der Waals surface area contributed by atoms with E-state index in [2.05, 4.69) is 17.0 Å². The molecule has 2 aromatic carbocycles. The molecule has 3 rings (SSSR count). The second-order valence-corrected chi connectivity index (χ2v) is 5.07. The maximum atomic E-state index is 13.7. The summed E-state index contributed by atoms with van der Waals surface area (Å²) in [6, 6.07) is 15.2. The quantitative estimate of drug-likeness (QED) is 0.764. The smallest absolute Gasteiger partial charge is 0.131 e. The Morgan fingerprint density at radius 1 is 0.789 bits per heavy atom. The SMILES string of the molecule is Fc1ccccc1-c1ccc(N2CCCCC2)cc1. The van der Waals surface area contributed by atoms with Crippen molar-refractivity contribution in [1.82, 2.24) is 0 Å². The first-order chi connectivity index (χ1) is 9.34. The Hall–Kier alpha value is -1.83. The van der Waals surface area contributed by atoms with Gasteiger partial charge in [-0.15, -0.1) is 0 Å². The maximum absolute atomic E-state index is 13.7. The van der Waals surface area contributed by atoms with Crippen molar-refractivity contribution in [2.24, 2.45) is 0 Å². The fourth-order valence-electron chi connectivity index (χ4n) is 2.70. The van der Waals surface area contributed by atoms with Crippen LogP contribution in [0.1, 0.15) is 19.3 Å². The number of nitrogens with zero attached hydrogens (tertiary/aromatic N) is 1. The van der Waals surface area contributed by atoms with E-state index in [0.29, 0.717) is 5.56 Å². The molecule has 1 saturated heterocycles. The first-order valence-corrected chi connectivity index (χ1v) is 6.94. The predicted octanol–water partition coefficient (Wildman–Crippen LogP) is 4.48. The molecular weight excluding hydrogens is 237 g/mol. The molecule has 0 N–H and O–H groups in total. The molecule has 1 aliphatic heterocycles. The van der Waals surface area contributed by atoms with Gasteiger partial charge in [0.05, 0.1) is 0 Å². The van der Waals surface area contributed by atoms with Crippen molar-refractivity contribution >= 4 is 5.69 Å². The molecule has 1 fully saturated rings. The van der Waals surface area contributed by atoms with Crippen LogP contribution in [0, 0.1) is 5.82 Å². The molecule has 0 unspecified atom stereocenters. The summed E-state index contributed by atoms with van der Waals surface area (Å²) in [4.78, 5) is 2.41. The van der Waals surface area contributed by atoms with Crippen molar-refractivity contribution in [3.63, 3.8) is 0 Å². The van der Waals surface area contributed by atoms with Crippen LogP contribution in [-0.2, 0) is 0 Å². The first kappa shape index (κ1) is 12.2. The number of rotatable bonds is 2. The van der Waals surface area contributed by atoms with Crippen molar-refractivity contribution in [2.75, 3.05) is 18.0 Å². The second kappa shape index (κ2) is 5.43. The third kappa shape index (κ3) is 2.62. The molecule has 98 valence electrons. The zero-order valence-corrected chi connectivity index (χ0v) is 11.0. The van der Waals surface area contributed by atoms with Gasteiger partial charge in [0, 0.05) is 24.3 Å². The van der Waals surface area contributed by atoms with Crippen LogP contribution in [0.3, 0.4) is 0 Å². The topological polar surface area (TPSA) is 3.24 Å². The average Bonchev–Trinajstić information content (AvgIpc) is 2.49. The van der Waals surface area contributed by atoms with Gasteiger partial charge in [0.25, 0.3) is 0 Å². The van der Waals surface area contributed by atoms with Gasteiger partial charge in [-0.3, -0.25) is 0 Å². The van der Waals surface area contributed by atoms with E-state index in [4.69, 9.17) is 0 Å². The summed E-state index contributed by atoms with van der Waals surface area (Å²) in [5.41, 5.74) is 2.87. The van der Waals surface area contributed by atoms with E-state index >= 15 is 0 Å². The summed E-state index contributed by atoms with van der Waals surface area (Å²) < 4.78 is 13.7. The normalized spacial score (nSPS) is 15.5. The minimum atomic E-state index is -0.159. The van der Waals surface area contributed by atoms with E-state index in [0.717, 1.165) is 18.7 Å². The standard InChI is InChI=1S/C17H18FN/c18-17-7-3-2-6-16(17)14-8-10-15(11-9-14)19-12-4-1-5-13-19/h2-3,6-11H,1,4-5,12-13H2. The van der Waals surface area contributed by atoms with Gasteiger partial charge in [-0.2, -0.15) is 0 Å². The van der Waals surface area contributed by atoms with E-state index in [1.54, 1.807) is 6.07 Å². The fraction of sp³-hybridized carbons (Fsp3) is 0.294. The molecule has 2 aromatic rings. The van der Waals surface area contributed by atoms with E-state index in [9.17, 15) is 4.39 Å². The zero-order chi connectivity index (χ0) is 13.1. The Morgan fingerprint density at radius 2 is 1.47 bits per heavy atom. The highest BCUT2D eigenvalue weighted by atomic mass is 19.1.